The molecule has 2 aliphatic rings. The Hall–Kier alpha value is -1.91. The van der Waals surface area contributed by atoms with Crippen LogP contribution in [0.3, 0.4) is 0 Å². The molecule has 1 aromatic carbocycles. The van der Waals surface area contributed by atoms with Gasteiger partial charge in [-0.2, -0.15) is 0 Å². The minimum absolute atomic E-state index is 0.550. The lowest BCUT2D eigenvalue weighted by Crippen LogP contribution is -2.36. The predicted octanol–water partition coefficient (Wildman–Crippen LogP) is 3.27. The second-order valence-electron chi connectivity index (χ2n) is 6.49. The molecule has 0 bridgehead atoms. The smallest absolute Gasteiger partial charge is 0.195 e. The molecule has 3 rings (SSSR count). The fraction of sp³-hybridized carbons (Fsp3) is 0.611. The highest BCUT2D eigenvalue weighted by Gasteiger charge is 2.53. The van der Waals surface area contributed by atoms with Gasteiger partial charge in [0.05, 0.1) is 13.7 Å². The maximum atomic E-state index is 5.62. The lowest BCUT2D eigenvalue weighted by atomic mass is 10.0. The summed E-state index contributed by atoms with van der Waals surface area (Å²) < 4.78 is 10.9. The molecule has 0 aliphatic heterocycles. The van der Waals surface area contributed by atoms with Crippen LogP contribution < -0.4 is 20.1 Å². The summed E-state index contributed by atoms with van der Waals surface area (Å²) in [6.45, 7) is 3.59. The van der Waals surface area contributed by atoms with E-state index in [4.69, 9.17) is 9.47 Å². The summed E-state index contributed by atoms with van der Waals surface area (Å²) in [5.74, 6) is 3.24. The molecule has 0 aromatic heterocycles. The molecular formula is C18H27N3O2. The van der Waals surface area contributed by atoms with E-state index in [-0.39, 0.29) is 0 Å². The maximum absolute atomic E-state index is 5.62. The molecule has 2 saturated carbocycles. The number of hydrogen-bond donors (Lipinski definition) is 2. The molecule has 0 heterocycles. The second-order valence-corrected chi connectivity index (χ2v) is 6.49. The third-order valence-corrected chi connectivity index (χ3v) is 4.89. The van der Waals surface area contributed by atoms with Crippen molar-refractivity contribution in [2.24, 2.45) is 16.3 Å². The highest BCUT2D eigenvalue weighted by molar-refractivity contribution is 5.93. The number of guanidine groups is 1. The number of aliphatic imine (C=N–C) groups is 1. The molecule has 5 heteroatoms. The van der Waals surface area contributed by atoms with Crippen molar-refractivity contribution in [3.8, 4) is 11.5 Å². The summed E-state index contributed by atoms with van der Waals surface area (Å²) in [6.07, 6.45) is 5.53. The highest BCUT2D eigenvalue weighted by Crippen LogP contribution is 2.60. The summed E-state index contributed by atoms with van der Waals surface area (Å²) >= 11 is 0. The number of methoxy groups -OCH3 is 1. The minimum Gasteiger partial charge on any atom is -0.493 e. The van der Waals surface area contributed by atoms with Crippen molar-refractivity contribution in [3.05, 3.63) is 18.2 Å². The Balaban J connectivity index is 1.61. The molecule has 5 nitrogen and oxygen atoms in total. The first-order chi connectivity index (χ1) is 11.2. The lowest BCUT2D eigenvalue weighted by molar-refractivity contribution is 0.311. The Morgan fingerprint density at radius 3 is 2.65 bits per heavy atom. The van der Waals surface area contributed by atoms with Crippen LogP contribution in [0.25, 0.3) is 0 Å². The van der Waals surface area contributed by atoms with E-state index in [1.54, 1.807) is 14.2 Å². The Bertz CT molecular complexity index is 578. The minimum atomic E-state index is 0.550. The molecule has 0 unspecified atom stereocenters. The van der Waals surface area contributed by atoms with Crippen molar-refractivity contribution in [2.75, 3.05) is 32.6 Å². The van der Waals surface area contributed by atoms with E-state index in [1.165, 1.54) is 25.7 Å². The molecule has 0 radical (unpaired) electrons. The highest BCUT2D eigenvalue weighted by atomic mass is 16.5. The van der Waals surface area contributed by atoms with Gasteiger partial charge in [0.25, 0.3) is 0 Å². The van der Waals surface area contributed by atoms with Crippen molar-refractivity contribution >= 4 is 11.6 Å². The van der Waals surface area contributed by atoms with Crippen LogP contribution >= 0.6 is 0 Å². The summed E-state index contributed by atoms with van der Waals surface area (Å²) in [5, 5.41) is 6.83. The van der Waals surface area contributed by atoms with Crippen LogP contribution in [0.2, 0.25) is 0 Å². The Kier molecular flexibility index (Phi) is 4.64. The molecule has 0 spiro atoms. The lowest BCUT2D eigenvalue weighted by Gasteiger charge is -2.18. The third-order valence-electron chi connectivity index (χ3n) is 4.89. The number of rotatable bonds is 7. The van der Waals surface area contributed by atoms with Crippen molar-refractivity contribution in [1.29, 1.82) is 0 Å². The number of benzene rings is 1. The maximum Gasteiger partial charge on any atom is 0.195 e. The molecule has 1 aromatic rings. The summed E-state index contributed by atoms with van der Waals surface area (Å²) in [5.41, 5.74) is 1.49. The predicted molar refractivity (Wildman–Crippen MR) is 93.5 cm³/mol. The molecule has 0 amide bonds. The zero-order chi connectivity index (χ0) is 16.3. The molecule has 126 valence electrons. The summed E-state index contributed by atoms with van der Waals surface area (Å²) in [6, 6.07) is 5.83. The number of nitrogens with zero attached hydrogens (tertiary/aromatic N) is 1. The van der Waals surface area contributed by atoms with Crippen molar-refractivity contribution in [2.45, 2.75) is 32.6 Å². The van der Waals surface area contributed by atoms with E-state index in [9.17, 15) is 0 Å². The summed E-state index contributed by atoms with van der Waals surface area (Å²) in [7, 11) is 3.46. The SMILES string of the molecule is CCOc1cc(NC(=NC)NCC2(C3CC3)CC2)ccc1OC. The van der Waals surface area contributed by atoms with Gasteiger partial charge < -0.3 is 20.1 Å². The van der Waals surface area contributed by atoms with Gasteiger partial charge in [-0.15, -0.1) is 0 Å². The van der Waals surface area contributed by atoms with Crippen molar-refractivity contribution < 1.29 is 9.47 Å². The van der Waals surface area contributed by atoms with Gasteiger partial charge in [0.15, 0.2) is 17.5 Å². The van der Waals surface area contributed by atoms with Gasteiger partial charge in [-0.05, 0) is 56.1 Å². The van der Waals surface area contributed by atoms with Gasteiger partial charge in [0, 0.05) is 25.3 Å². The average Bonchev–Trinajstić information content (AvgIpc) is 3.45. The first kappa shape index (κ1) is 16.0. The number of ether oxygens (including phenoxy) is 2. The monoisotopic (exact) mass is 317 g/mol. The van der Waals surface area contributed by atoms with Crippen LogP contribution in [0.1, 0.15) is 32.6 Å². The quantitative estimate of drug-likeness (QED) is 0.598. The first-order valence-corrected chi connectivity index (χ1v) is 8.49. The molecule has 2 aliphatic carbocycles. The Labute approximate surface area is 138 Å². The average molecular weight is 317 g/mol. The molecular weight excluding hydrogens is 290 g/mol. The van der Waals surface area contributed by atoms with Crippen molar-refractivity contribution in [3.63, 3.8) is 0 Å². The van der Waals surface area contributed by atoms with Gasteiger partial charge in [0.1, 0.15) is 0 Å². The first-order valence-electron chi connectivity index (χ1n) is 8.49. The van der Waals surface area contributed by atoms with Crippen LogP contribution in [0, 0.1) is 11.3 Å². The Morgan fingerprint density at radius 1 is 1.30 bits per heavy atom. The summed E-state index contributed by atoms with van der Waals surface area (Å²) in [4.78, 5) is 4.33. The molecule has 2 fully saturated rings. The van der Waals surface area contributed by atoms with Gasteiger partial charge in [-0.25, -0.2) is 0 Å². The fourth-order valence-corrected chi connectivity index (χ4v) is 3.18. The van der Waals surface area contributed by atoms with Crippen LogP contribution in [0.4, 0.5) is 5.69 Å². The third kappa shape index (κ3) is 3.71. The van der Waals surface area contributed by atoms with Gasteiger partial charge in [0.2, 0.25) is 0 Å². The van der Waals surface area contributed by atoms with Gasteiger partial charge in [-0.1, -0.05) is 0 Å². The fourth-order valence-electron chi connectivity index (χ4n) is 3.18. The normalized spacial score (nSPS) is 19.2. The molecule has 2 N–H and O–H groups in total. The van der Waals surface area contributed by atoms with E-state index in [2.05, 4.69) is 15.6 Å². The van der Waals surface area contributed by atoms with E-state index < -0.39 is 0 Å². The topological polar surface area (TPSA) is 54.9 Å². The number of nitrogens with one attached hydrogen (secondary N) is 2. The van der Waals surface area contributed by atoms with E-state index >= 15 is 0 Å². The van der Waals surface area contributed by atoms with Gasteiger partial charge >= 0.3 is 0 Å². The molecule has 23 heavy (non-hydrogen) atoms. The number of anilines is 1. The molecule has 0 atom stereocenters. The zero-order valence-electron chi connectivity index (χ0n) is 14.3. The van der Waals surface area contributed by atoms with Crippen LogP contribution in [-0.4, -0.2) is 33.3 Å². The van der Waals surface area contributed by atoms with E-state index in [0.717, 1.165) is 35.6 Å². The second kappa shape index (κ2) is 6.69. The van der Waals surface area contributed by atoms with E-state index in [0.29, 0.717) is 12.0 Å². The molecule has 0 saturated heterocycles. The van der Waals surface area contributed by atoms with Crippen molar-refractivity contribution in [1.82, 2.24) is 5.32 Å². The number of hydrogen-bond acceptors (Lipinski definition) is 3. The van der Waals surface area contributed by atoms with Gasteiger partial charge in [-0.3, -0.25) is 4.99 Å². The van der Waals surface area contributed by atoms with Crippen LogP contribution in [0.15, 0.2) is 23.2 Å². The zero-order valence-corrected chi connectivity index (χ0v) is 14.3. The standard InChI is InChI=1S/C18H27N3O2/c1-4-23-16-11-14(7-8-15(16)22-3)21-17(19-2)20-12-18(9-10-18)13-5-6-13/h7-8,11,13H,4-6,9-10,12H2,1-3H3,(H2,19,20,21). The van der Waals surface area contributed by atoms with E-state index in [1.807, 2.05) is 25.1 Å². The van der Waals surface area contributed by atoms with Crippen LogP contribution in [-0.2, 0) is 0 Å². The largest absolute Gasteiger partial charge is 0.493 e. The Morgan fingerprint density at radius 2 is 2.09 bits per heavy atom. The van der Waals surface area contributed by atoms with Crippen LogP contribution in [0.5, 0.6) is 11.5 Å².